The Morgan fingerprint density at radius 3 is 3.20 bits per heavy atom. The largest absolute Gasteiger partial charge is 0.467 e. The lowest BCUT2D eigenvalue weighted by Gasteiger charge is -1.81. The lowest BCUT2D eigenvalue weighted by molar-refractivity contribution is 0.539. The van der Waals surface area contributed by atoms with Gasteiger partial charge in [-0.3, -0.25) is 0 Å². The summed E-state index contributed by atoms with van der Waals surface area (Å²) in [7, 11) is 0. The predicted molar refractivity (Wildman–Crippen MR) is 34.3 cm³/mol. The van der Waals surface area contributed by atoms with Crippen molar-refractivity contribution in [1.82, 2.24) is 15.4 Å². The van der Waals surface area contributed by atoms with E-state index in [1.54, 1.807) is 12.5 Å². The summed E-state index contributed by atoms with van der Waals surface area (Å²) in [5.74, 6) is 0.831. The van der Waals surface area contributed by atoms with Crippen LogP contribution in [0, 0.1) is 6.92 Å². The highest BCUT2D eigenvalue weighted by molar-refractivity contribution is 5.78. The molecular weight excluding hydrogens is 130 g/mol. The number of furan rings is 1. The van der Waals surface area contributed by atoms with Gasteiger partial charge in [-0.15, -0.1) is 10.2 Å². The van der Waals surface area contributed by atoms with Gasteiger partial charge >= 0.3 is 0 Å². The molecule has 0 amide bonds. The van der Waals surface area contributed by atoms with Crippen LogP contribution in [-0.2, 0) is 0 Å². The second-order valence-corrected chi connectivity index (χ2v) is 2.02. The first-order valence-electron chi connectivity index (χ1n) is 2.90. The van der Waals surface area contributed by atoms with Crippen LogP contribution in [-0.4, -0.2) is 15.4 Å². The maximum absolute atomic E-state index is 5.07. The van der Waals surface area contributed by atoms with Crippen molar-refractivity contribution in [2.45, 2.75) is 6.92 Å². The van der Waals surface area contributed by atoms with Crippen LogP contribution in [0.25, 0.3) is 10.9 Å². The predicted octanol–water partition coefficient (Wildman–Crippen LogP) is 0.926. The zero-order valence-corrected chi connectivity index (χ0v) is 5.40. The molecule has 0 bridgehead atoms. The molecular formula is C6H5N3O. The average molecular weight is 135 g/mol. The molecule has 0 N–H and O–H groups in total. The van der Waals surface area contributed by atoms with Gasteiger partial charge in [0, 0.05) is 0 Å². The molecule has 0 aromatic carbocycles. The minimum atomic E-state index is 0.757. The fourth-order valence-electron chi connectivity index (χ4n) is 0.844. The van der Waals surface area contributed by atoms with Crippen LogP contribution in [0.3, 0.4) is 0 Å². The van der Waals surface area contributed by atoms with Gasteiger partial charge in [0.05, 0.1) is 11.6 Å². The fourth-order valence-corrected chi connectivity index (χ4v) is 0.844. The molecule has 4 nitrogen and oxygen atoms in total. The highest BCUT2D eigenvalue weighted by Gasteiger charge is 2.00. The maximum Gasteiger partial charge on any atom is 0.135 e. The van der Waals surface area contributed by atoms with Crippen molar-refractivity contribution in [3.63, 3.8) is 0 Å². The topological polar surface area (TPSA) is 51.8 Å². The van der Waals surface area contributed by atoms with E-state index in [1.807, 2.05) is 6.92 Å². The molecule has 0 saturated carbocycles. The Morgan fingerprint density at radius 1 is 1.50 bits per heavy atom. The first-order valence-corrected chi connectivity index (χ1v) is 2.90. The van der Waals surface area contributed by atoms with E-state index >= 15 is 0 Å². The van der Waals surface area contributed by atoms with Gasteiger partial charge in [0.2, 0.25) is 0 Å². The molecule has 4 heteroatoms. The molecule has 0 fully saturated rings. The van der Waals surface area contributed by atoms with Crippen molar-refractivity contribution < 1.29 is 4.42 Å². The third-order valence-electron chi connectivity index (χ3n) is 1.39. The van der Waals surface area contributed by atoms with Gasteiger partial charge in [-0.2, -0.15) is 0 Å². The molecule has 2 rings (SSSR count). The smallest absolute Gasteiger partial charge is 0.135 e. The van der Waals surface area contributed by atoms with Gasteiger partial charge in [0.15, 0.2) is 0 Å². The molecule has 0 aliphatic rings. The van der Waals surface area contributed by atoms with Crippen LogP contribution < -0.4 is 0 Å². The van der Waals surface area contributed by atoms with Crippen LogP contribution in [0.1, 0.15) is 5.76 Å². The molecule has 2 aromatic heterocycles. The summed E-state index contributed by atoms with van der Waals surface area (Å²) in [6, 6.07) is 0. The lowest BCUT2D eigenvalue weighted by Crippen LogP contribution is -1.83. The second kappa shape index (κ2) is 1.76. The molecule has 0 unspecified atom stereocenters. The standard InChI is InChI=1S/C6H5N3O/c1-4-5-2-7-9-8-6(5)3-10-4/h2-3H,1H3. The number of hydrogen-bond acceptors (Lipinski definition) is 4. The highest BCUT2D eigenvalue weighted by atomic mass is 16.3. The van der Waals surface area contributed by atoms with E-state index in [-0.39, 0.29) is 0 Å². The summed E-state index contributed by atoms with van der Waals surface area (Å²) in [5.41, 5.74) is 0.757. The third kappa shape index (κ3) is 0.586. The summed E-state index contributed by atoms with van der Waals surface area (Å²) in [5, 5.41) is 11.8. The van der Waals surface area contributed by atoms with Crippen LogP contribution in [0.4, 0.5) is 0 Å². The molecule has 10 heavy (non-hydrogen) atoms. The summed E-state index contributed by atoms with van der Waals surface area (Å²) in [4.78, 5) is 0. The SMILES string of the molecule is Cc1occ2nnncc12. The van der Waals surface area contributed by atoms with Crippen LogP contribution in [0.5, 0.6) is 0 Å². The number of aryl methyl sites for hydroxylation is 1. The Kier molecular flexibility index (Phi) is 0.943. The molecule has 0 spiro atoms. The number of aromatic nitrogens is 3. The Labute approximate surface area is 56.9 Å². The lowest BCUT2D eigenvalue weighted by atomic mass is 10.3. The second-order valence-electron chi connectivity index (χ2n) is 2.02. The summed E-state index contributed by atoms with van der Waals surface area (Å²) in [6.45, 7) is 1.87. The van der Waals surface area contributed by atoms with E-state index < -0.39 is 0 Å². The van der Waals surface area contributed by atoms with Crippen molar-refractivity contribution in [2.75, 3.05) is 0 Å². The Hall–Kier alpha value is -1.45. The van der Waals surface area contributed by atoms with Crippen LogP contribution >= 0.6 is 0 Å². The van der Waals surface area contributed by atoms with Crippen molar-refractivity contribution >= 4 is 10.9 Å². The number of fused-ring (bicyclic) bond motifs is 1. The van der Waals surface area contributed by atoms with E-state index in [4.69, 9.17) is 4.42 Å². The Bertz CT molecular complexity index is 355. The summed E-state index contributed by atoms with van der Waals surface area (Å²) >= 11 is 0. The van der Waals surface area contributed by atoms with E-state index in [0.717, 1.165) is 16.7 Å². The van der Waals surface area contributed by atoms with E-state index in [1.165, 1.54) is 0 Å². The maximum atomic E-state index is 5.07. The quantitative estimate of drug-likeness (QED) is 0.539. The van der Waals surface area contributed by atoms with E-state index in [2.05, 4.69) is 15.4 Å². The Morgan fingerprint density at radius 2 is 2.40 bits per heavy atom. The first kappa shape index (κ1) is 5.34. The van der Waals surface area contributed by atoms with Gasteiger partial charge in [0.1, 0.15) is 17.5 Å². The van der Waals surface area contributed by atoms with E-state index in [9.17, 15) is 0 Å². The molecule has 50 valence electrons. The van der Waals surface area contributed by atoms with Gasteiger partial charge in [-0.1, -0.05) is 0 Å². The molecule has 2 aromatic rings. The molecule has 0 aliphatic heterocycles. The van der Waals surface area contributed by atoms with Gasteiger partial charge in [-0.05, 0) is 12.1 Å². The van der Waals surface area contributed by atoms with Gasteiger partial charge < -0.3 is 4.42 Å². The van der Waals surface area contributed by atoms with Crippen molar-refractivity contribution in [2.24, 2.45) is 0 Å². The Balaban J connectivity index is 2.93. The number of hydrogen-bond donors (Lipinski definition) is 0. The molecule has 2 heterocycles. The van der Waals surface area contributed by atoms with Crippen LogP contribution in [0.15, 0.2) is 16.9 Å². The number of rotatable bonds is 0. The van der Waals surface area contributed by atoms with Gasteiger partial charge in [-0.25, -0.2) is 0 Å². The minimum absolute atomic E-state index is 0.757. The monoisotopic (exact) mass is 135 g/mol. The third-order valence-corrected chi connectivity index (χ3v) is 1.39. The van der Waals surface area contributed by atoms with Crippen LogP contribution in [0.2, 0.25) is 0 Å². The van der Waals surface area contributed by atoms with Crippen molar-refractivity contribution in [3.8, 4) is 0 Å². The molecule has 0 atom stereocenters. The highest BCUT2D eigenvalue weighted by Crippen LogP contribution is 2.14. The summed E-state index contributed by atoms with van der Waals surface area (Å²) < 4.78 is 5.07. The van der Waals surface area contributed by atoms with Crippen molar-refractivity contribution in [3.05, 3.63) is 18.2 Å². The fraction of sp³-hybridized carbons (Fsp3) is 0.167. The van der Waals surface area contributed by atoms with Crippen molar-refractivity contribution in [1.29, 1.82) is 0 Å². The average Bonchev–Trinajstić information content (AvgIpc) is 2.34. The normalized spacial score (nSPS) is 10.5. The first-order chi connectivity index (χ1) is 4.88. The molecule has 0 aliphatic carbocycles. The number of nitrogens with zero attached hydrogens (tertiary/aromatic N) is 3. The van der Waals surface area contributed by atoms with E-state index in [0.29, 0.717) is 0 Å². The van der Waals surface area contributed by atoms with Gasteiger partial charge in [0.25, 0.3) is 0 Å². The minimum Gasteiger partial charge on any atom is -0.467 e. The summed E-state index contributed by atoms with van der Waals surface area (Å²) in [6.07, 6.45) is 3.21. The zero-order chi connectivity index (χ0) is 6.97. The molecule has 0 radical (unpaired) electrons. The molecule has 0 saturated heterocycles. The zero-order valence-electron chi connectivity index (χ0n) is 5.40.